The Bertz CT molecular complexity index is 273. The van der Waals surface area contributed by atoms with Crippen molar-refractivity contribution in [1.82, 2.24) is 10.3 Å². The summed E-state index contributed by atoms with van der Waals surface area (Å²) in [4.78, 5) is 4.17. The van der Waals surface area contributed by atoms with Crippen molar-refractivity contribution in [3.05, 3.63) is 28.0 Å². The number of nitrogens with one attached hydrogen (secondary N) is 1. The topological polar surface area (TPSA) is 24.9 Å². The van der Waals surface area contributed by atoms with Crippen LogP contribution in [0, 0.1) is 0 Å². The molecule has 0 amide bonds. The van der Waals surface area contributed by atoms with Crippen molar-refractivity contribution in [3.8, 4) is 0 Å². The van der Waals surface area contributed by atoms with Gasteiger partial charge in [0.25, 0.3) is 0 Å². The van der Waals surface area contributed by atoms with Crippen LogP contribution >= 0.6 is 15.9 Å². The zero-order valence-corrected chi connectivity index (χ0v) is 7.69. The van der Waals surface area contributed by atoms with Gasteiger partial charge in [-0.05, 0) is 40.5 Å². The molecule has 0 atom stereocenters. The van der Waals surface area contributed by atoms with Crippen molar-refractivity contribution < 1.29 is 0 Å². The van der Waals surface area contributed by atoms with Crippen LogP contribution < -0.4 is 5.32 Å². The predicted octanol–water partition coefficient (Wildman–Crippen LogP) is 1.49. The summed E-state index contributed by atoms with van der Waals surface area (Å²) in [7, 11) is 0. The molecule has 0 saturated carbocycles. The molecule has 0 fully saturated rings. The second kappa shape index (κ2) is 2.91. The summed E-state index contributed by atoms with van der Waals surface area (Å²) < 4.78 is 0.988. The highest BCUT2D eigenvalue weighted by molar-refractivity contribution is 9.10. The van der Waals surface area contributed by atoms with Crippen LogP contribution in [0.5, 0.6) is 0 Å². The van der Waals surface area contributed by atoms with Crippen molar-refractivity contribution in [1.29, 1.82) is 0 Å². The second-order valence-electron chi connectivity index (χ2n) is 2.67. The zero-order valence-electron chi connectivity index (χ0n) is 6.10. The number of hydrogen-bond donors (Lipinski definition) is 1. The van der Waals surface area contributed by atoms with Gasteiger partial charge in [-0.1, -0.05) is 0 Å². The van der Waals surface area contributed by atoms with E-state index in [1.165, 1.54) is 11.1 Å². The van der Waals surface area contributed by atoms with Crippen molar-refractivity contribution in [2.24, 2.45) is 0 Å². The lowest BCUT2D eigenvalue weighted by molar-refractivity contribution is 0.637. The van der Waals surface area contributed by atoms with Gasteiger partial charge in [0.1, 0.15) is 4.60 Å². The van der Waals surface area contributed by atoms with Crippen LogP contribution in [0.15, 0.2) is 16.9 Å². The van der Waals surface area contributed by atoms with E-state index in [1.54, 1.807) is 0 Å². The summed E-state index contributed by atoms with van der Waals surface area (Å²) in [6.07, 6.45) is 2.98. The van der Waals surface area contributed by atoms with Crippen LogP contribution in [0.3, 0.4) is 0 Å². The highest BCUT2D eigenvalue weighted by atomic mass is 79.9. The van der Waals surface area contributed by atoms with E-state index in [4.69, 9.17) is 0 Å². The summed E-state index contributed by atoms with van der Waals surface area (Å²) in [6, 6.07) is 2.10. The number of hydrogen-bond acceptors (Lipinski definition) is 2. The number of pyridine rings is 1. The van der Waals surface area contributed by atoms with E-state index in [9.17, 15) is 0 Å². The summed E-state index contributed by atoms with van der Waals surface area (Å²) in [5.74, 6) is 0. The van der Waals surface area contributed by atoms with Crippen LogP contribution in [-0.2, 0) is 13.0 Å². The Balaban J connectivity index is 2.49. The maximum atomic E-state index is 4.17. The lowest BCUT2D eigenvalue weighted by Crippen LogP contribution is -2.24. The Morgan fingerprint density at radius 3 is 3.27 bits per heavy atom. The molecule has 0 aliphatic carbocycles. The van der Waals surface area contributed by atoms with Gasteiger partial charge in [0.2, 0.25) is 0 Å². The molecule has 2 heterocycles. The fraction of sp³-hybridized carbons (Fsp3) is 0.375. The Labute approximate surface area is 74.2 Å². The third-order valence-electron chi connectivity index (χ3n) is 1.97. The second-order valence-corrected chi connectivity index (χ2v) is 3.42. The van der Waals surface area contributed by atoms with Gasteiger partial charge in [0.15, 0.2) is 0 Å². The van der Waals surface area contributed by atoms with Gasteiger partial charge in [-0.2, -0.15) is 0 Å². The number of nitrogens with zero attached hydrogens (tertiary/aromatic N) is 1. The van der Waals surface area contributed by atoms with Crippen LogP contribution in [0.4, 0.5) is 0 Å². The lowest BCUT2D eigenvalue weighted by Gasteiger charge is -2.16. The normalized spacial score (nSPS) is 16.1. The minimum atomic E-state index is 0.948. The quantitative estimate of drug-likeness (QED) is 0.660. The SMILES string of the molecule is Brc1nccc2c1CNCC2. The van der Waals surface area contributed by atoms with Crippen LogP contribution in [-0.4, -0.2) is 11.5 Å². The molecule has 1 aromatic heterocycles. The third-order valence-corrected chi connectivity index (χ3v) is 2.66. The molecular weight excluding hydrogens is 204 g/mol. The minimum absolute atomic E-state index is 0.948. The lowest BCUT2D eigenvalue weighted by atomic mass is 10.0. The molecule has 0 radical (unpaired) electrons. The molecule has 0 aromatic carbocycles. The van der Waals surface area contributed by atoms with Gasteiger partial charge in [0, 0.05) is 18.3 Å². The molecule has 2 rings (SSSR count). The molecule has 1 N–H and O–H groups in total. The molecule has 1 aliphatic rings. The largest absolute Gasteiger partial charge is 0.312 e. The van der Waals surface area contributed by atoms with E-state index < -0.39 is 0 Å². The Hall–Kier alpha value is -0.410. The third kappa shape index (κ3) is 1.30. The van der Waals surface area contributed by atoms with Gasteiger partial charge < -0.3 is 5.32 Å². The fourth-order valence-electron chi connectivity index (χ4n) is 1.36. The molecule has 11 heavy (non-hydrogen) atoms. The first kappa shape index (κ1) is 7.25. The number of fused-ring (bicyclic) bond motifs is 1. The van der Waals surface area contributed by atoms with Gasteiger partial charge >= 0.3 is 0 Å². The van der Waals surface area contributed by atoms with E-state index in [0.29, 0.717) is 0 Å². The first-order valence-corrected chi connectivity index (χ1v) is 4.50. The fourth-order valence-corrected chi connectivity index (χ4v) is 1.87. The molecule has 0 bridgehead atoms. The molecule has 1 aliphatic heterocycles. The average molecular weight is 213 g/mol. The molecular formula is C8H9BrN2. The van der Waals surface area contributed by atoms with E-state index in [0.717, 1.165) is 24.1 Å². The van der Waals surface area contributed by atoms with E-state index in [-0.39, 0.29) is 0 Å². The highest BCUT2D eigenvalue weighted by Gasteiger charge is 2.10. The molecule has 0 spiro atoms. The summed E-state index contributed by atoms with van der Waals surface area (Å²) in [6.45, 7) is 2.03. The van der Waals surface area contributed by atoms with Crippen molar-refractivity contribution in [2.75, 3.05) is 6.54 Å². The van der Waals surface area contributed by atoms with Gasteiger partial charge in [-0.15, -0.1) is 0 Å². The van der Waals surface area contributed by atoms with Crippen LogP contribution in [0.25, 0.3) is 0 Å². The number of rotatable bonds is 0. The maximum absolute atomic E-state index is 4.17. The minimum Gasteiger partial charge on any atom is -0.312 e. The van der Waals surface area contributed by atoms with Gasteiger partial charge in [-0.3, -0.25) is 0 Å². The molecule has 3 heteroatoms. The average Bonchev–Trinajstić information content (AvgIpc) is 2.06. The Morgan fingerprint density at radius 1 is 1.55 bits per heavy atom. The highest BCUT2D eigenvalue weighted by Crippen LogP contribution is 2.20. The van der Waals surface area contributed by atoms with E-state index >= 15 is 0 Å². The Morgan fingerprint density at radius 2 is 2.45 bits per heavy atom. The summed E-state index contributed by atoms with van der Waals surface area (Å²) in [5, 5.41) is 3.31. The van der Waals surface area contributed by atoms with Gasteiger partial charge in [-0.25, -0.2) is 4.98 Å². The predicted molar refractivity (Wildman–Crippen MR) is 47.3 cm³/mol. The molecule has 0 unspecified atom stereocenters. The van der Waals surface area contributed by atoms with Crippen LogP contribution in [0.1, 0.15) is 11.1 Å². The van der Waals surface area contributed by atoms with Crippen LogP contribution in [0.2, 0.25) is 0 Å². The molecule has 58 valence electrons. The number of aromatic nitrogens is 1. The first-order chi connectivity index (χ1) is 5.38. The van der Waals surface area contributed by atoms with Crippen molar-refractivity contribution in [2.45, 2.75) is 13.0 Å². The smallest absolute Gasteiger partial charge is 0.110 e. The molecule has 2 nitrogen and oxygen atoms in total. The molecule has 1 aromatic rings. The molecule has 0 saturated heterocycles. The first-order valence-electron chi connectivity index (χ1n) is 3.71. The zero-order chi connectivity index (χ0) is 7.68. The number of halogens is 1. The van der Waals surface area contributed by atoms with E-state index in [2.05, 4.69) is 32.3 Å². The van der Waals surface area contributed by atoms with Gasteiger partial charge in [0.05, 0.1) is 0 Å². The standard InChI is InChI=1S/C8H9BrN2/c9-8-7-5-10-3-1-6(7)2-4-11-8/h2,4,10H,1,3,5H2. The van der Waals surface area contributed by atoms with Crippen molar-refractivity contribution >= 4 is 15.9 Å². The summed E-state index contributed by atoms with van der Waals surface area (Å²) in [5.41, 5.74) is 2.74. The Kier molecular flexibility index (Phi) is 1.92. The van der Waals surface area contributed by atoms with E-state index in [1.807, 2.05) is 6.20 Å². The van der Waals surface area contributed by atoms with Crippen molar-refractivity contribution in [3.63, 3.8) is 0 Å². The summed E-state index contributed by atoms with van der Waals surface area (Å²) >= 11 is 3.43. The maximum Gasteiger partial charge on any atom is 0.110 e. The monoisotopic (exact) mass is 212 g/mol.